The Hall–Kier alpha value is -2.13. The zero-order valence-electron chi connectivity index (χ0n) is 14.4. The van der Waals surface area contributed by atoms with Crippen molar-refractivity contribution in [3.63, 3.8) is 0 Å². The normalized spacial score (nSPS) is 23.0. The Bertz CT molecular complexity index is 671. The Morgan fingerprint density at radius 2 is 1.67 bits per heavy atom. The van der Waals surface area contributed by atoms with Crippen LogP contribution in [0.4, 0.5) is 0 Å². The van der Waals surface area contributed by atoms with Gasteiger partial charge in [-0.2, -0.15) is 0 Å². The summed E-state index contributed by atoms with van der Waals surface area (Å²) in [6, 6.07) is 20.3. The maximum absolute atomic E-state index is 13.0. The number of carbonyl (C=O) groups is 1. The van der Waals surface area contributed by atoms with E-state index in [1.54, 1.807) is 0 Å². The lowest BCUT2D eigenvalue weighted by atomic mass is 9.91. The summed E-state index contributed by atoms with van der Waals surface area (Å²) in [5.41, 5.74) is 8.69. The lowest BCUT2D eigenvalue weighted by molar-refractivity contribution is -0.136. The molecule has 0 bridgehead atoms. The number of carbonyl (C=O) groups excluding carboxylic acids is 1. The van der Waals surface area contributed by atoms with Crippen molar-refractivity contribution < 1.29 is 4.79 Å². The van der Waals surface area contributed by atoms with Crippen molar-refractivity contribution in [2.45, 2.75) is 38.3 Å². The van der Waals surface area contributed by atoms with E-state index < -0.39 is 0 Å². The van der Waals surface area contributed by atoms with Crippen LogP contribution in [0.25, 0.3) is 0 Å². The Morgan fingerprint density at radius 1 is 1.08 bits per heavy atom. The van der Waals surface area contributed by atoms with Crippen molar-refractivity contribution in [3.8, 4) is 0 Å². The van der Waals surface area contributed by atoms with Crippen molar-refractivity contribution in [2.24, 2.45) is 11.7 Å². The minimum atomic E-state index is -0.262. The summed E-state index contributed by atoms with van der Waals surface area (Å²) in [4.78, 5) is 15.0. The summed E-state index contributed by atoms with van der Waals surface area (Å²) in [5, 5.41) is 0. The van der Waals surface area contributed by atoms with Crippen LogP contribution >= 0.6 is 0 Å². The first-order chi connectivity index (χ1) is 11.6. The smallest absolute Gasteiger partial charge is 0.227 e. The molecule has 0 aliphatic carbocycles. The predicted molar refractivity (Wildman–Crippen MR) is 97.5 cm³/mol. The van der Waals surface area contributed by atoms with Gasteiger partial charge < -0.3 is 10.6 Å². The molecule has 4 atom stereocenters. The molecule has 2 aromatic rings. The number of nitrogens with zero attached hydrogens (tertiary/aromatic N) is 1. The Balaban J connectivity index is 1.71. The molecule has 0 radical (unpaired) electrons. The van der Waals surface area contributed by atoms with Gasteiger partial charge in [-0.05, 0) is 24.5 Å². The molecule has 2 aromatic carbocycles. The zero-order chi connectivity index (χ0) is 17.1. The van der Waals surface area contributed by atoms with Crippen molar-refractivity contribution in [1.29, 1.82) is 0 Å². The van der Waals surface area contributed by atoms with Gasteiger partial charge in [0.25, 0.3) is 0 Å². The Labute approximate surface area is 144 Å². The fourth-order valence-corrected chi connectivity index (χ4v) is 3.78. The third kappa shape index (κ3) is 3.22. The third-order valence-corrected chi connectivity index (χ3v) is 5.38. The van der Waals surface area contributed by atoms with Crippen molar-refractivity contribution >= 4 is 5.91 Å². The van der Waals surface area contributed by atoms with E-state index in [0.29, 0.717) is 5.92 Å². The minimum Gasteiger partial charge on any atom is -0.339 e. The van der Waals surface area contributed by atoms with E-state index in [1.165, 1.54) is 5.56 Å². The first-order valence-electron chi connectivity index (χ1n) is 8.75. The van der Waals surface area contributed by atoms with E-state index in [4.69, 9.17) is 5.73 Å². The Morgan fingerprint density at radius 3 is 2.29 bits per heavy atom. The van der Waals surface area contributed by atoms with Crippen LogP contribution in [0.15, 0.2) is 60.7 Å². The first kappa shape index (κ1) is 16.7. The fraction of sp³-hybridized carbons (Fsp3) is 0.381. The van der Waals surface area contributed by atoms with Crippen LogP contribution in [0.2, 0.25) is 0 Å². The second-order valence-electron chi connectivity index (χ2n) is 6.80. The maximum atomic E-state index is 13.0. The van der Waals surface area contributed by atoms with Crippen LogP contribution in [0.5, 0.6) is 0 Å². The van der Waals surface area contributed by atoms with E-state index >= 15 is 0 Å². The largest absolute Gasteiger partial charge is 0.339 e. The predicted octanol–water partition coefficient (Wildman–Crippen LogP) is 3.73. The molecule has 1 heterocycles. The molecule has 3 rings (SSSR count). The lowest BCUT2D eigenvalue weighted by Crippen LogP contribution is -2.42. The molecule has 0 spiro atoms. The molecular weight excluding hydrogens is 296 g/mol. The third-order valence-electron chi connectivity index (χ3n) is 5.38. The van der Waals surface area contributed by atoms with Crippen molar-refractivity contribution in [2.75, 3.05) is 6.54 Å². The van der Waals surface area contributed by atoms with E-state index in [2.05, 4.69) is 31.2 Å². The van der Waals surface area contributed by atoms with Gasteiger partial charge in [0.15, 0.2) is 0 Å². The van der Waals surface area contributed by atoms with E-state index in [1.807, 2.05) is 48.2 Å². The van der Waals surface area contributed by atoms with Gasteiger partial charge in [-0.1, -0.05) is 67.6 Å². The average Bonchev–Trinajstić information content (AvgIpc) is 3.02. The van der Waals surface area contributed by atoms with Gasteiger partial charge in [0, 0.05) is 24.5 Å². The second kappa shape index (κ2) is 7.18. The number of likely N-dealkylation sites (tertiary alicyclic amines) is 1. The van der Waals surface area contributed by atoms with Crippen LogP contribution in [0.1, 0.15) is 43.4 Å². The summed E-state index contributed by atoms with van der Waals surface area (Å²) in [7, 11) is 0. The lowest BCUT2D eigenvalue weighted by Gasteiger charge is -2.30. The molecule has 1 aliphatic heterocycles. The van der Waals surface area contributed by atoms with Gasteiger partial charge in [0.2, 0.25) is 5.91 Å². The molecule has 3 heteroatoms. The number of benzene rings is 2. The first-order valence-corrected chi connectivity index (χ1v) is 8.75. The molecule has 0 saturated carbocycles. The highest BCUT2D eigenvalue weighted by Crippen LogP contribution is 2.35. The number of hydrogen-bond acceptors (Lipinski definition) is 2. The Kier molecular flexibility index (Phi) is 5.00. The number of amides is 1. The number of rotatable bonds is 4. The van der Waals surface area contributed by atoms with Crippen LogP contribution in [-0.2, 0) is 4.79 Å². The molecule has 2 N–H and O–H groups in total. The number of hydrogen-bond donors (Lipinski definition) is 1. The highest BCUT2D eigenvalue weighted by molar-refractivity contribution is 5.80. The molecule has 0 aromatic heterocycles. The molecule has 126 valence electrons. The van der Waals surface area contributed by atoms with Crippen LogP contribution in [0, 0.1) is 5.92 Å². The summed E-state index contributed by atoms with van der Waals surface area (Å²) in [5.74, 6) is 0.358. The highest BCUT2D eigenvalue weighted by Gasteiger charge is 2.37. The van der Waals surface area contributed by atoms with E-state index in [-0.39, 0.29) is 23.9 Å². The molecule has 1 fully saturated rings. The summed E-state index contributed by atoms with van der Waals surface area (Å²) < 4.78 is 0. The molecule has 1 amide bonds. The monoisotopic (exact) mass is 322 g/mol. The minimum absolute atomic E-state index is 0.164. The van der Waals surface area contributed by atoms with E-state index in [9.17, 15) is 4.79 Å². The average molecular weight is 322 g/mol. The van der Waals surface area contributed by atoms with Crippen LogP contribution in [-0.4, -0.2) is 23.4 Å². The van der Waals surface area contributed by atoms with Gasteiger partial charge in [-0.15, -0.1) is 0 Å². The highest BCUT2D eigenvalue weighted by atomic mass is 16.2. The van der Waals surface area contributed by atoms with Crippen molar-refractivity contribution in [1.82, 2.24) is 4.90 Å². The topological polar surface area (TPSA) is 46.3 Å². The molecule has 1 aliphatic rings. The molecule has 4 unspecified atom stereocenters. The van der Waals surface area contributed by atoms with Gasteiger partial charge in [0.1, 0.15) is 0 Å². The second-order valence-corrected chi connectivity index (χ2v) is 6.80. The summed E-state index contributed by atoms with van der Waals surface area (Å²) in [6.45, 7) is 4.91. The maximum Gasteiger partial charge on any atom is 0.227 e. The van der Waals surface area contributed by atoms with E-state index in [0.717, 1.165) is 18.5 Å². The molecular formula is C21H26N2O. The van der Waals surface area contributed by atoms with Gasteiger partial charge in [-0.3, -0.25) is 4.79 Å². The quantitative estimate of drug-likeness (QED) is 0.932. The van der Waals surface area contributed by atoms with Gasteiger partial charge >= 0.3 is 0 Å². The standard InChI is InChI=1S/C21H26N2O/c1-15(20(22)18-11-7-4-8-12-18)21(24)23-14-13-19(16(23)2)17-9-5-3-6-10-17/h3-12,15-16,19-20H,13-14,22H2,1-2H3. The SMILES string of the molecule is CC(C(=O)N1CCC(c2ccccc2)C1C)C(N)c1ccccc1. The fourth-order valence-electron chi connectivity index (χ4n) is 3.78. The summed E-state index contributed by atoms with van der Waals surface area (Å²) >= 11 is 0. The molecule has 3 nitrogen and oxygen atoms in total. The molecule has 24 heavy (non-hydrogen) atoms. The van der Waals surface area contributed by atoms with Gasteiger partial charge in [-0.25, -0.2) is 0 Å². The van der Waals surface area contributed by atoms with Crippen LogP contribution < -0.4 is 5.73 Å². The van der Waals surface area contributed by atoms with Crippen molar-refractivity contribution in [3.05, 3.63) is 71.8 Å². The summed E-state index contributed by atoms with van der Waals surface area (Å²) in [6.07, 6.45) is 1.02. The van der Waals surface area contributed by atoms with Crippen LogP contribution in [0.3, 0.4) is 0 Å². The van der Waals surface area contributed by atoms with Gasteiger partial charge in [0.05, 0.1) is 5.92 Å². The number of nitrogens with two attached hydrogens (primary N) is 1. The molecule has 1 saturated heterocycles. The zero-order valence-corrected chi connectivity index (χ0v) is 14.4.